The van der Waals surface area contributed by atoms with E-state index in [0.29, 0.717) is 19.5 Å². The Balaban J connectivity index is 0.000000255. The predicted octanol–water partition coefficient (Wildman–Crippen LogP) is 3.50. The van der Waals surface area contributed by atoms with Gasteiger partial charge < -0.3 is 15.4 Å². The number of rotatable bonds is 1. The van der Waals surface area contributed by atoms with Crippen molar-refractivity contribution in [2.75, 3.05) is 13.1 Å². The third-order valence-corrected chi connectivity index (χ3v) is 3.09. The average Bonchev–Trinajstić information content (AvgIpc) is 2.47. The number of hydrogen-bond donors (Lipinski definition) is 1. The van der Waals surface area contributed by atoms with Gasteiger partial charge in [-0.1, -0.05) is 30.3 Å². The number of amides is 1. The van der Waals surface area contributed by atoms with Gasteiger partial charge >= 0.3 is 6.09 Å². The number of hydrogen-bond acceptors (Lipinski definition) is 3. The zero-order valence-electron chi connectivity index (χ0n) is 13.7. The fourth-order valence-electron chi connectivity index (χ4n) is 2.03. The number of piperidine rings is 1. The van der Waals surface area contributed by atoms with E-state index in [9.17, 15) is 9.18 Å². The molecule has 0 spiro atoms. The van der Waals surface area contributed by atoms with Crippen LogP contribution < -0.4 is 5.73 Å². The van der Waals surface area contributed by atoms with Crippen LogP contribution in [0.5, 0.6) is 0 Å². The SMILES string of the molecule is CC(C)(C)OC(=O)N1CCC[C@H](F)C1.NCc1ccccc1. The summed E-state index contributed by atoms with van der Waals surface area (Å²) >= 11 is 0. The summed E-state index contributed by atoms with van der Waals surface area (Å²) in [5, 5.41) is 0. The van der Waals surface area contributed by atoms with Crippen LogP contribution in [-0.2, 0) is 11.3 Å². The fraction of sp³-hybridized carbons (Fsp3) is 0.588. The molecule has 1 aliphatic heterocycles. The van der Waals surface area contributed by atoms with Crippen LogP contribution in [0.1, 0.15) is 39.2 Å². The van der Waals surface area contributed by atoms with E-state index in [4.69, 9.17) is 10.5 Å². The van der Waals surface area contributed by atoms with Gasteiger partial charge in [-0.15, -0.1) is 0 Å². The maximum absolute atomic E-state index is 13.0. The number of alkyl halides is 1. The number of carbonyl (C=O) groups excluding carboxylic acids is 1. The molecule has 1 heterocycles. The van der Waals surface area contributed by atoms with Crippen LogP contribution in [0.2, 0.25) is 0 Å². The van der Waals surface area contributed by atoms with Gasteiger partial charge in [-0.2, -0.15) is 0 Å². The second kappa shape index (κ2) is 8.73. The van der Waals surface area contributed by atoms with Gasteiger partial charge in [0.25, 0.3) is 0 Å². The Kier molecular flexibility index (Phi) is 7.32. The maximum Gasteiger partial charge on any atom is 0.410 e. The van der Waals surface area contributed by atoms with Gasteiger partial charge in [0, 0.05) is 13.1 Å². The maximum atomic E-state index is 13.0. The van der Waals surface area contributed by atoms with Gasteiger partial charge in [-0.25, -0.2) is 9.18 Å². The zero-order chi connectivity index (χ0) is 16.6. The topological polar surface area (TPSA) is 55.6 Å². The van der Waals surface area contributed by atoms with Crippen molar-refractivity contribution in [3.8, 4) is 0 Å². The van der Waals surface area contributed by atoms with Crippen LogP contribution in [0, 0.1) is 0 Å². The molecule has 1 saturated heterocycles. The van der Waals surface area contributed by atoms with Crippen LogP contribution in [0.25, 0.3) is 0 Å². The molecule has 2 rings (SSSR count). The molecule has 124 valence electrons. The van der Waals surface area contributed by atoms with Crippen molar-refractivity contribution in [2.45, 2.75) is 51.9 Å². The normalized spacial score (nSPS) is 18.2. The highest BCUT2D eigenvalue weighted by Crippen LogP contribution is 2.16. The first-order chi connectivity index (χ1) is 10.3. The lowest BCUT2D eigenvalue weighted by Crippen LogP contribution is -2.43. The molecule has 1 aromatic rings. The van der Waals surface area contributed by atoms with Crippen molar-refractivity contribution >= 4 is 6.09 Å². The minimum Gasteiger partial charge on any atom is -0.444 e. The molecule has 0 saturated carbocycles. The Bertz CT molecular complexity index is 446. The Labute approximate surface area is 132 Å². The molecule has 22 heavy (non-hydrogen) atoms. The van der Waals surface area contributed by atoms with Gasteiger partial charge in [0.15, 0.2) is 0 Å². The molecule has 0 aromatic heterocycles. The highest BCUT2D eigenvalue weighted by atomic mass is 19.1. The third kappa shape index (κ3) is 7.41. The first kappa shape index (κ1) is 18.4. The van der Waals surface area contributed by atoms with Crippen LogP contribution in [0.15, 0.2) is 30.3 Å². The number of ether oxygens (including phenoxy) is 1. The van der Waals surface area contributed by atoms with E-state index in [-0.39, 0.29) is 6.54 Å². The van der Waals surface area contributed by atoms with Crippen LogP contribution >= 0.6 is 0 Å². The highest BCUT2D eigenvalue weighted by Gasteiger charge is 2.27. The largest absolute Gasteiger partial charge is 0.444 e. The molecule has 1 amide bonds. The molecular weight excluding hydrogens is 283 g/mol. The van der Waals surface area contributed by atoms with Crippen molar-refractivity contribution in [3.05, 3.63) is 35.9 Å². The van der Waals surface area contributed by atoms with Crippen LogP contribution in [0.3, 0.4) is 0 Å². The molecule has 2 N–H and O–H groups in total. The summed E-state index contributed by atoms with van der Waals surface area (Å²) in [6, 6.07) is 9.99. The van der Waals surface area contributed by atoms with E-state index in [1.165, 1.54) is 10.5 Å². The smallest absolute Gasteiger partial charge is 0.410 e. The summed E-state index contributed by atoms with van der Waals surface area (Å²) in [5.41, 5.74) is 6.04. The second-order valence-electron chi connectivity index (χ2n) is 6.36. The van der Waals surface area contributed by atoms with Crippen LogP contribution in [0.4, 0.5) is 9.18 Å². The molecule has 0 aliphatic carbocycles. The predicted molar refractivity (Wildman–Crippen MR) is 86.3 cm³/mol. The number of halogens is 1. The Morgan fingerprint density at radius 3 is 2.45 bits per heavy atom. The minimum absolute atomic E-state index is 0.176. The number of nitrogens with zero attached hydrogens (tertiary/aromatic N) is 1. The molecule has 4 nitrogen and oxygen atoms in total. The average molecular weight is 310 g/mol. The van der Waals surface area contributed by atoms with Crippen molar-refractivity contribution in [1.82, 2.24) is 4.90 Å². The molecule has 0 radical (unpaired) electrons. The monoisotopic (exact) mass is 310 g/mol. The molecule has 1 aromatic carbocycles. The lowest BCUT2D eigenvalue weighted by molar-refractivity contribution is 0.0139. The minimum atomic E-state index is -0.892. The highest BCUT2D eigenvalue weighted by molar-refractivity contribution is 5.68. The van der Waals surface area contributed by atoms with Gasteiger partial charge in [-0.05, 0) is 39.2 Å². The summed E-state index contributed by atoms with van der Waals surface area (Å²) in [6.07, 6.45) is -0.0178. The number of carbonyl (C=O) groups is 1. The summed E-state index contributed by atoms with van der Waals surface area (Å²) in [5.74, 6) is 0. The Hall–Kier alpha value is -1.62. The van der Waals surface area contributed by atoms with Gasteiger partial charge in [-0.3, -0.25) is 0 Å². The Morgan fingerprint density at radius 1 is 1.36 bits per heavy atom. The van der Waals surface area contributed by atoms with E-state index >= 15 is 0 Å². The Morgan fingerprint density at radius 2 is 2.00 bits per heavy atom. The van der Waals surface area contributed by atoms with Gasteiger partial charge in [0.1, 0.15) is 11.8 Å². The third-order valence-electron chi connectivity index (χ3n) is 3.09. The van der Waals surface area contributed by atoms with Gasteiger partial charge in [0.2, 0.25) is 0 Å². The quantitative estimate of drug-likeness (QED) is 0.863. The second-order valence-corrected chi connectivity index (χ2v) is 6.36. The molecule has 1 fully saturated rings. The van der Waals surface area contributed by atoms with Crippen LogP contribution in [-0.4, -0.2) is 35.9 Å². The summed E-state index contributed by atoms with van der Waals surface area (Å²) in [7, 11) is 0. The van der Waals surface area contributed by atoms with E-state index in [2.05, 4.69) is 0 Å². The standard InChI is InChI=1S/C10H18FNO2.C7H9N/c1-10(2,3)14-9(13)12-6-4-5-8(11)7-12;8-6-7-4-2-1-3-5-7/h8H,4-7H2,1-3H3;1-5H,6,8H2/t8-;/m0./s1. The summed E-state index contributed by atoms with van der Waals surface area (Å²) in [6.45, 7) is 6.84. The number of benzene rings is 1. The molecule has 1 aliphatic rings. The lowest BCUT2D eigenvalue weighted by Gasteiger charge is -2.31. The molecule has 1 atom stereocenters. The van der Waals surface area contributed by atoms with Crippen molar-refractivity contribution in [2.24, 2.45) is 5.73 Å². The number of likely N-dealkylation sites (tertiary alicyclic amines) is 1. The first-order valence-corrected chi connectivity index (χ1v) is 7.68. The molecule has 0 unspecified atom stereocenters. The number of nitrogens with two attached hydrogens (primary N) is 1. The zero-order valence-corrected chi connectivity index (χ0v) is 13.7. The van der Waals surface area contributed by atoms with E-state index in [1.807, 2.05) is 51.1 Å². The van der Waals surface area contributed by atoms with E-state index < -0.39 is 17.9 Å². The van der Waals surface area contributed by atoms with E-state index in [1.54, 1.807) is 0 Å². The van der Waals surface area contributed by atoms with E-state index in [0.717, 1.165) is 6.42 Å². The molecule has 5 heteroatoms. The molecular formula is C17H27FN2O2. The summed E-state index contributed by atoms with van der Waals surface area (Å²) in [4.78, 5) is 12.9. The van der Waals surface area contributed by atoms with Crippen molar-refractivity contribution < 1.29 is 13.9 Å². The lowest BCUT2D eigenvalue weighted by atomic mass is 10.1. The fourth-order valence-corrected chi connectivity index (χ4v) is 2.03. The first-order valence-electron chi connectivity index (χ1n) is 7.68. The van der Waals surface area contributed by atoms with Crippen molar-refractivity contribution in [1.29, 1.82) is 0 Å². The van der Waals surface area contributed by atoms with Gasteiger partial charge in [0.05, 0.1) is 6.54 Å². The summed E-state index contributed by atoms with van der Waals surface area (Å²) < 4.78 is 18.1. The van der Waals surface area contributed by atoms with Crippen molar-refractivity contribution in [3.63, 3.8) is 0 Å². The molecule has 0 bridgehead atoms.